The molecule has 0 amide bonds. The Morgan fingerprint density at radius 2 is 2.05 bits per heavy atom. The number of carbonyl (C=O) groups is 1. The first-order valence-electron chi connectivity index (χ1n) is 5.92. The summed E-state index contributed by atoms with van der Waals surface area (Å²) >= 11 is 4.09. The second-order valence-electron chi connectivity index (χ2n) is 4.55. The summed E-state index contributed by atoms with van der Waals surface area (Å²) in [5.74, 6) is 0.114. The number of ketones is 1. The maximum atomic E-state index is 11.7. The number of halogens is 1. The predicted molar refractivity (Wildman–Crippen MR) is 89.0 cm³/mol. The lowest BCUT2D eigenvalue weighted by atomic mass is 10.1. The van der Waals surface area contributed by atoms with Crippen molar-refractivity contribution in [2.24, 2.45) is 7.05 Å². The number of carbonyl (C=O) groups excluding carboxylic acids is 1. The Hall–Kier alpha value is -1.14. The van der Waals surface area contributed by atoms with Crippen molar-refractivity contribution < 1.29 is 4.79 Å². The number of Topliss-reactive ketones (excluding diaryl/α,β-unsaturated/α-hetero) is 1. The monoisotopic (exact) mass is 381 g/mol. The molecule has 0 radical (unpaired) electrons. The van der Waals surface area contributed by atoms with Crippen LogP contribution in [0.5, 0.6) is 0 Å². The number of thiophene rings is 1. The second kappa shape index (κ2) is 4.76. The highest BCUT2D eigenvalue weighted by Crippen LogP contribution is 2.32. The molecular weight excluding hydrogens is 369 g/mol. The summed E-state index contributed by atoms with van der Waals surface area (Å²) in [5.41, 5.74) is 3.07. The number of hydrogen-bond acceptors (Lipinski definition) is 2. The number of hydrogen-bond donors (Lipinski definition) is 0. The predicted octanol–water partition coefficient (Wildman–Crippen LogP) is 4.71. The fourth-order valence-electron chi connectivity index (χ4n) is 2.30. The molecule has 0 saturated heterocycles. The Balaban J connectivity index is 2.25. The largest absolute Gasteiger partial charge is 0.350 e. The van der Waals surface area contributed by atoms with Crippen LogP contribution >= 0.6 is 33.9 Å². The molecule has 0 fully saturated rings. The number of rotatable bonds is 2. The van der Waals surface area contributed by atoms with Crippen molar-refractivity contribution in [2.75, 3.05) is 0 Å². The summed E-state index contributed by atoms with van der Waals surface area (Å²) in [4.78, 5) is 13.0. The van der Waals surface area contributed by atoms with Crippen LogP contribution < -0.4 is 0 Å². The highest BCUT2D eigenvalue weighted by Gasteiger charge is 2.12. The van der Waals surface area contributed by atoms with E-state index in [0.717, 1.165) is 16.5 Å². The molecule has 0 aliphatic rings. The molecule has 4 heteroatoms. The Morgan fingerprint density at radius 3 is 2.68 bits per heavy atom. The van der Waals surface area contributed by atoms with Gasteiger partial charge >= 0.3 is 0 Å². The lowest BCUT2D eigenvalue weighted by Crippen LogP contribution is -1.89. The number of fused-ring (bicyclic) bond motifs is 1. The molecule has 0 aliphatic carbocycles. The van der Waals surface area contributed by atoms with Crippen LogP contribution in [-0.2, 0) is 7.05 Å². The number of aryl methyl sites for hydroxylation is 1. The Morgan fingerprint density at radius 1 is 1.26 bits per heavy atom. The van der Waals surface area contributed by atoms with Crippen LogP contribution in [-0.4, -0.2) is 10.4 Å². The van der Waals surface area contributed by atoms with E-state index in [1.54, 1.807) is 18.3 Å². The topological polar surface area (TPSA) is 22.0 Å². The van der Waals surface area contributed by atoms with Crippen LogP contribution in [0.1, 0.15) is 17.3 Å². The number of nitrogens with zero attached hydrogens (tertiary/aromatic N) is 1. The molecule has 3 rings (SSSR count). The zero-order valence-electron chi connectivity index (χ0n) is 10.6. The molecule has 0 unspecified atom stereocenters. The van der Waals surface area contributed by atoms with Gasteiger partial charge in [0.05, 0.1) is 2.88 Å². The van der Waals surface area contributed by atoms with Gasteiger partial charge in [-0.05, 0) is 59.3 Å². The minimum atomic E-state index is 0.114. The van der Waals surface area contributed by atoms with Gasteiger partial charge in [-0.25, -0.2) is 0 Å². The summed E-state index contributed by atoms with van der Waals surface area (Å²) in [5, 5.41) is 1.04. The molecular formula is C15H12INOS. The van der Waals surface area contributed by atoms with Crippen molar-refractivity contribution in [2.45, 2.75) is 6.92 Å². The Kier molecular flexibility index (Phi) is 3.22. The lowest BCUT2D eigenvalue weighted by Gasteiger charge is -2.00. The van der Waals surface area contributed by atoms with Crippen LogP contribution in [0.4, 0.5) is 0 Å². The van der Waals surface area contributed by atoms with Gasteiger partial charge < -0.3 is 4.57 Å². The van der Waals surface area contributed by atoms with Gasteiger partial charge in [-0.1, -0.05) is 6.07 Å². The van der Waals surface area contributed by atoms with E-state index in [9.17, 15) is 4.79 Å². The molecule has 0 aliphatic heterocycles. The zero-order valence-corrected chi connectivity index (χ0v) is 13.6. The van der Waals surface area contributed by atoms with Gasteiger partial charge in [-0.2, -0.15) is 0 Å². The molecule has 0 atom stereocenters. The maximum absolute atomic E-state index is 11.7. The fourth-order valence-corrected chi connectivity index (χ4v) is 3.91. The first-order chi connectivity index (χ1) is 9.06. The first kappa shape index (κ1) is 12.9. The highest BCUT2D eigenvalue weighted by molar-refractivity contribution is 14.1. The van der Waals surface area contributed by atoms with Gasteiger partial charge in [0, 0.05) is 34.6 Å². The molecule has 3 aromatic rings. The van der Waals surface area contributed by atoms with Crippen molar-refractivity contribution in [1.29, 1.82) is 0 Å². The average molecular weight is 381 g/mol. The SMILES string of the molecule is CC(=O)c1cn(C)c2ccc(-c3ccc(I)s3)cc12. The van der Waals surface area contributed by atoms with Crippen molar-refractivity contribution in [3.8, 4) is 10.4 Å². The van der Waals surface area contributed by atoms with Gasteiger partial charge in [-0.15, -0.1) is 11.3 Å². The Bertz CT molecular complexity index is 785. The van der Waals surface area contributed by atoms with E-state index in [0.29, 0.717) is 0 Å². The third-order valence-electron chi connectivity index (χ3n) is 3.23. The van der Waals surface area contributed by atoms with Crippen LogP contribution in [0, 0.1) is 2.88 Å². The molecule has 2 aromatic heterocycles. The summed E-state index contributed by atoms with van der Waals surface area (Å²) < 4.78 is 3.28. The van der Waals surface area contributed by atoms with Crippen LogP contribution in [0.2, 0.25) is 0 Å². The lowest BCUT2D eigenvalue weighted by molar-refractivity contribution is 0.101. The van der Waals surface area contributed by atoms with Crippen molar-refractivity contribution in [3.63, 3.8) is 0 Å². The van der Waals surface area contributed by atoms with E-state index in [1.807, 2.05) is 17.8 Å². The number of benzene rings is 1. The highest BCUT2D eigenvalue weighted by atomic mass is 127. The van der Waals surface area contributed by atoms with Crippen molar-refractivity contribution in [1.82, 2.24) is 4.57 Å². The maximum Gasteiger partial charge on any atom is 0.161 e. The van der Waals surface area contributed by atoms with Crippen molar-refractivity contribution in [3.05, 3.63) is 45.0 Å². The summed E-state index contributed by atoms with van der Waals surface area (Å²) in [7, 11) is 1.97. The van der Waals surface area contributed by atoms with Gasteiger partial charge in [0.2, 0.25) is 0 Å². The smallest absolute Gasteiger partial charge is 0.161 e. The van der Waals surface area contributed by atoms with E-state index >= 15 is 0 Å². The van der Waals surface area contributed by atoms with Crippen LogP contribution in [0.25, 0.3) is 21.3 Å². The normalized spacial score (nSPS) is 11.1. The fraction of sp³-hybridized carbons (Fsp3) is 0.133. The quantitative estimate of drug-likeness (QED) is 0.465. The minimum Gasteiger partial charge on any atom is -0.350 e. The average Bonchev–Trinajstić information content (AvgIpc) is 2.94. The summed E-state index contributed by atoms with van der Waals surface area (Å²) in [6.45, 7) is 1.62. The van der Waals surface area contributed by atoms with Gasteiger partial charge in [-0.3, -0.25) is 4.79 Å². The third kappa shape index (κ3) is 2.23. The Labute approximate surface area is 129 Å². The van der Waals surface area contributed by atoms with Gasteiger partial charge in [0.1, 0.15) is 0 Å². The standard InChI is InChI=1S/C15H12INOS/c1-9(18)12-8-17(2)13-4-3-10(7-11(12)13)14-5-6-15(16)19-14/h3-8H,1-2H3. The molecule has 0 N–H and O–H groups in total. The van der Waals surface area contributed by atoms with E-state index in [2.05, 4.69) is 52.9 Å². The molecule has 0 spiro atoms. The summed E-state index contributed by atoms with van der Waals surface area (Å²) in [6, 6.07) is 10.6. The minimum absolute atomic E-state index is 0.114. The first-order valence-corrected chi connectivity index (χ1v) is 7.81. The van der Waals surface area contributed by atoms with E-state index < -0.39 is 0 Å². The van der Waals surface area contributed by atoms with Gasteiger partial charge in [0.15, 0.2) is 5.78 Å². The molecule has 19 heavy (non-hydrogen) atoms. The molecule has 96 valence electrons. The molecule has 2 nitrogen and oxygen atoms in total. The van der Waals surface area contributed by atoms with E-state index in [4.69, 9.17) is 0 Å². The molecule has 2 heterocycles. The van der Waals surface area contributed by atoms with E-state index in [-0.39, 0.29) is 5.78 Å². The molecule has 0 saturated carbocycles. The van der Waals surface area contributed by atoms with Crippen LogP contribution in [0.3, 0.4) is 0 Å². The summed E-state index contributed by atoms with van der Waals surface area (Å²) in [6.07, 6.45) is 1.91. The zero-order chi connectivity index (χ0) is 13.6. The molecule has 0 bridgehead atoms. The van der Waals surface area contributed by atoms with Crippen molar-refractivity contribution >= 4 is 50.6 Å². The number of aromatic nitrogens is 1. The second-order valence-corrected chi connectivity index (χ2v) is 7.52. The third-order valence-corrected chi connectivity index (χ3v) is 5.17. The van der Waals surface area contributed by atoms with Crippen LogP contribution in [0.15, 0.2) is 36.5 Å². The van der Waals surface area contributed by atoms with E-state index in [1.165, 1.54) is 13.3 Å². The molecule has 1 aromatic carbocycles. The van der Waals surface area contributed by atoms with Gasteiger partial charge in [0.25, 0.3) is 0 Å².